The fraction of sp³-hybridized carbons (Fsp3) is 0.917. The predicted molar refractivity (Wildman–Crippen MR) is 82.7 cm³/mol. The van der Waals surface area contributed by atoms with E-state index in [1.54, 1.807) is 0 Å². The summed E-state index contributed by atoms with van der Waals surface area (Å²) in [6.45, 7) is 11.7. The minimum absolute atomic E-state index is 0. The lowest BCUT2D eigenvalue weighted by atomic mass is 9.87. The van der Waals surface area contributed by atoms with Crippen LogP contribution in [0.3, 0.4) is 0 Å². The molecule has 0 bridgehead atoms. The molecule has 0 spiro atoms. The number of halogens is 2. The van der Waals surface area contributed by atoms with Crippen LogP contribution in [0.4, 0.5) is 0 Å². The Morgan fingerprint density at radius 3 is 2.06 bits per heavy atom. The van der Waals surface area contributed by atoms with Crippen molar-refractivity contribution < 1.29 is 4.79 Å². The molecular weight excluding hydrogens is 273 g/mol. The highest BCUT2D eigenvalue weighted by molar-refractivity contribution is 5.85. The first-order valence-electron chi connectivity index (χ1n) is 5.89. The van der Waals surface area contributed by atoms with Crippen molar-refractivity contribution in [2.24, 2.45) is 11.1 Å². The van der Waals surface area contributed by atoms with E-state index in [1.807, 2.05) is 27.8 Å². The maximum atomic E-state index is 11.7. The quantitative estimate of drug-likeness (QED) is 0.812. The Kier molecular flexibility index (Phi) is 12.6. The Morgan fingerprint density at radius 1 is 1.28 bits per heavy atom. The molecule has 0 unspecified atom stereocenters. The van der Waals surface area contributed by atoms with Crippen molar-refractivity contribution in [3.8, 4) is 0 Å². The van der Waals surface area contributed by atoms with E-state index in [-0.39, 0.29) is 36.1 Å². The van der Waals surface area contributed by atoms with Crippen LogP contribution >= 0.6 is 24.8 Å². The monoisotopic (exact) mass is 301 g/mol. The van der Waals surface area contributed by atoms with Crippen LogP contribution < -0.4 is 11.1 Å². The average molecular weight is 302 g/mol. The van der Waals surface area contributed by atoms with Crippen LogP contribution in [0.2, 0.25) is 0 Å². The lowest BCUT2D eigenvalue weighted by Crippen LogP contribution is -2.50. The zero-order valence-electron chi connectivity index (χ0n) is 12.3. The highest BCUT2D eigenvalue weighted by atomic mass is 35.5. The number of carbonyl (C=O) groups excluding carboxylic acids is 1. The van der Waals surface area contributed by atoms with Crippen LogP contribution in [0.1, 0.15) is 34.6 Å². The summed E-state index contributed by atoms with van der Waals surface area (Å²) in [7, 11) is 2.04. The van der Waals surface area contributed by atoms with Gasteiger partial charge in [-0.2, -0.15) is 0 Å². The molecule has 0 fully saturated rings. The first-order chi connectivity index (χ1) is 7.16. The van der Waals surface area contributed by atoms with Gasteiger partial charge in [-0.3, -0.25) is 4.79 Å². The van der Waals surface area contributed by atoms with Gasteiger partial charge in [0.2, 0.25) is 5.91 Å². The van der Waals surface area contributed by atoms with Gasteiger partial charge in [-0.15, -0.1) is 24.8 Å². The van der Waals surface area contributed by atoms with Crippen molar-refractivity contribution in [2.45, 2.75) is 46.7 Å². The maximum Gasteiger partial charge on any atom is 0.237 e. The molecule has 6 heteroatoms. The molecule has 0 heterocycles. The van der Waals surface area contributed by atoms with Crippen LogP contribution in [-0.2, 0) is 4.79 Å². The zero-order chi connectivity index (χ0) is 12.9. The molecule has 0 saturated heterocycles. The van der Waals surface area contributed by atoms with Crippen molar-refractivity contribution in [1.29, 1.82) is 0 Å². The third kappa shape index (κ3) is 8.97. The standard InChI is InChI=1S/C12H27N3O.2ClH/c1-9(2)15(6)8-7-14-11(16)10(13)12(3,4)5;;/h9-10H,7-8,13H2,1-6H3,(H,14,16);2*1H/t10-;;/m1../s1. The fourth-order valence-electron chi connectivity index (χ4n) is 1.12. The normalized spacial score (nSPS) is 12.7. The van der Waals surface area contributed by atoms with Crippen LogP contribution in [0, 0.1) is 5.41 Å². The molecule has 18 heavy (non-hydrogen) atoms. The molecule has 0 aliphatic heterocycles. The largest absolute Gasteiger partial charge is 0.353 e. The Bertz CT molecular complexity index is 230. The molecule has 112 valence electrons. The summed E-state index contributed by atoms with van der Waals surface area (Å²) in [6.07, 6.45) is 0. The van der Waals surface area contributed by atoms with Crippen LogP contribution in [0.15, 0.2) is 0 Å². The summed E-state index contributed by atoms with van der Waals surface area (Å²) in [4.78, 5) is 13.9. The summed E-state index contributed by atoms with van der Waals surface area (Å²) < 4.78 is 0. The van der Waals surface area contributed by atoms with Crippen molar-refractivity contribution in [1.82, 2.24) is 10.2 Å². The second kappa shape index (κ2) is 9.84. The van der Waals surface area contributed by atoms with E-state index in [0.717, 1.165) is 6.54 Å². The summed E-state index contributed by atoms with van der Waals surface area (Å²) in [6, 6.07) is 0.0463. The minimum Gasteiger partial charge on any atom is -0.353 e. The Balaban J connectivity index is -0.00000112. The second-order valence-corrected chi connectivity index (χ2v) is 5.71. The highest BCUT2D eigenvalue weighted by Crippen LogP contribution is 2.16. The highest BCUT2D eigenvalue weighted by Gasteiger charge is 2.26. The van der Waals surface area contributed by atoms with Gasteiger partial charge < -0.3 is 16.0 Å². The number of nitrogens with two attached hydrogens (primary N) is 1. The third-order valence-electron chi connectivity index (χ3n) is 2.86. The number of carbonyl (C=O) groups is 1. The first kappa shape index (κ1) is 23.1. The van der Waals surface area contributed by atoms with Crippen molar-refractivity contribution in [3.05, 3.63) is 0 Å². The van der Waals surface area contributed by atoms with Gasteiger partial charge in [-0.05, 0) is 26.3 Å². The Hall–Kier alpha value is -0.0300. The zero-order valence-corrected chi connectivity index (χ0v) is 14.0. The maximum absolute atomic E-state index is 11.7. The molecule has 0 aliphatic rings. The molecule has 0 aromatic rings. The van der Waals surface area contributed by atoms with E-state index < -0.39 is 6.04 Å². The number of likely N-dealkylation sites (N-methyl/N-ethyl adjacent to an activating group) is 1. The van der Waals surface area contributed by atoms with Gasteiger partial charge in [0, 0.05) is 19.1 Å². The van der Waals surface area contributed by atoms with E-state index in [2.05, 4.69) is 24.1 Å². The van der Waals surface area contributed by atoms with Gasteiger partial charge in [0.25, 0.3) is 0 Å². The molecule has 4 nitrogen and oxygen atoms in total. The van der Waals surface area contributed by atoms with Crippen LogP contribution in [0.25, 0.3) is 0 Å². The number of rotatable bonds is 5. The lowest BCUT2D eigenvalue weighted by Gasteiger charge is -2.27. The summed E-state index contributed by atoms with van der Waals surface area (Å²) in [5.74, 6) is -0.0651. The smallest absolute Gasteiger partial charge is 0.237 e. The van der Waals surface area contributed by atoms with Gasteiger partial charge in [-0.1, -0.05) is 20.8 Å². The summed E-state index contributed by atoms with van der Waals surface area (Å²) in [5.41, 5.74) is 5.66. The molecule has 0 aromatic heterocycles. The molecule has 0 aromatic carbocycles. The number of nitrogens with zero attached hydrogens (tertiary/aromatic N) is 1. The average Bonchev–Trinajstić information content (AvgIpc) is 2.14. The second-order valence-electron chi connectivity index (χ2n) is 5.71. The third-order valence-corrected chi connectivity index (χ3v) is 2.86. The van der Waals surface area contributed by atoms with Gasteiger partial charge in [-0.25, -0.2) is 0 Å². The molecule has 0 aliphatic carbocycles. The van der Waals surface area contributed by atoms with Gasteiger partial charge in [0.15, 0.2) is 0 Å². The molecule has 1 amide bonds. The molecular formula is C12H29Cl2N3O. The topological polar surface area (TPSA) is 58.4 Å². The van der Waals surface area contributed by atoms with Crippen molar-refractivity contribution >= 4 is 30.7 Å². The Morgan fingerprint density at radius 2 is 1.72 bits per heavy atom. The van der Waals surface area contributed by atoms with Crippen molar-refractivity contribution in [2.75, 3.05) is 20.1 Å². The van der Waals surface area contributed by atoms with E-state index in [9.17, 15) is 4.79 Å². The molecule has 0 rings (SSSR count). The number of amides is 1. The lowest BCUT2D eigenvalue weighted by molar-refractivity contribution is -0.124. The van der Waals surface area contributed by atoms with Gasteiger partial charge in [0.05, 0.1) is 6.04 Å². The molecule has 3 N–H and O–H groups in total. The Labute approximate surface area is 124 Å². The first-order valence-corrected chi connectivity index (χ1v) is 5.89. The molecule has 0 saturated carbocycles. The van der Waals surface area contributed by atoms with E-state index >= 15 is 0 Å². The van der Waals surface area contributed by atoms with Crippen LogP contribution in [0.5, 0.6) is 0 Å². The molecule has 0 radical (unpaired) electrons. The van der Waals surface area contributed by atoms with E-state index in [4.69, 9.17) is 5.73 Å². The predicted octanol–water partition coefficient (Wildman–Crippen LogP) is 1.66. The minimum atomic E-state index is -0.447. The van der Waals surface area contributed by atoms with Crippen LogP contribution in [-0.4, -0.2) is 43.0 Å². The van der Waals surface area contributed by atoms with Gasteiger partial charge >= 0.3 is 0 Å². The summed E-state index contributed by atoms with van der Waals surface area (Å²) in [5, 5.41) is 2.87. The number of nitrogens with one attached hydrogen (secondary N) is 1. The number of hydrogen-bond donors (Lipinski definition) is 2. The van der Waals surface area contributed by atoms with E-state index in [0.29, 0.717) is 12.6 Å². The number of hydrogen-bond acceptors (Lipinski definition) is 3. The fourth-order valence-corrected chi connectivity index (χ4v) is 1.12. The van der Waals surface area contributed by atoms with Gasteiger partial charge in [0.1, 0.15) is 0 Å². The SMILES string of the molecule is CC(C)N(C)CCNC(=O)[C@@H](N)C(C)(C)C.Cl.Cl. The molecule has 1 atom stereocenters. The van der Waals surface area contributed by atoms with E-state index in [1.165, 1.54) is 0 Å². The summed E-state index contributed by atoms with van der Waals surface area (Å²) >= 11 is 0. The van der Waals surface area contributed by atoms with Crippen molar-refractivity contribution in [3.63, 3.8) is 0 Å².